The Hall–Kier alpha value is -0.120. The first-order valence-corrected chi connectivity index (χ1v) is 7.86. The predicted octanol–water partition coefficient (Wildman–Crippen LogP) is 1.93. The first-order valence-electron chi connectivity index (χ1n) is 7.86. The molecule has 3 nitrogen and oxygen atoms in total. The second-order valence-corrected chi connectivity index (χ2v) is 6.15. The second kappa shape index (κ2) is 6.36. The summed E-state index contributed by atoms with van der Waals surface area (Å²) in [6.45, 7) is 10.6. The maximum Gasteiger partial charge on any atom is 0.0223 e. The molecule has 0 aliphatic carbocycles. The van der Waals surface area contributed by atoms with Gasteiger partial charge in [-0.2, -0.15) is 0 Å². The van der Waals surface area contributed by atoms with Gasteiger partial charge < -0.3 is 5.32 Å². The smallest absolute Gasteiger partial charge is 0.0223 e. The number of likely N-dealkylation sites (N-methyl/N-ethyl adjacent to an activating group) is 2. The maximum absolute atomic E-state index is 3.65. The van der Waals surface area contributed by atoms with Gasteiger partial charge >= 0.3 is 0 Å². The van der Waals surface area contributed by atoms with Crippen LogP contribution in [0.3, 0.4) is 0 Å². The van der Waals surface area contributed by atoms with Crippen LogP contribution >= 0.6 is 0 Å². The van der Waals surface area contributed by atoms with Crippen molar-refractivity contribution in [2.45, 2.75) is 70.6 Å². The number of nitrogens with one attached hydrogen (secondary N) is 1. The SMILES string of the molecule is CCNC(CC)C(C)N1CCC2CCC(C1)N2C. The van der Waals surface area contributed by atoms with Gasteiger partial charge in [-0.3, -0.25) is 9.80 Å². The second-order valence-electron chi connectivity index (χ2n) is 6.15. The van der Waals surface area contributed by atoms with Crippen molar-refractivity contribution in [3.8, 4) is 0 Å². The summed E-state index contributed by atoms with van der Waals surface area (Å²) in [6.07, 6.45) is 5.42. The maximum atomic E-state index is 3.65. The van der Waals surface area contributed by atoms with Gasteiger partial charge in [-0.15, -0.1) is 0 Å². The minimum atomic E-state index is 0.650. The Kier molecular flexibility index (Phi) is 5.05. The molecular weight excluding hydrogens is 222 g/mol. The van der Waals surface area contributed by atoms with Gasteiger partial charge in [0.15, 0.2) is 0 Å². The van der Waals surface area contributed by atoms with E-state index in [9.17, 15) is 0 Å². The van der Waals surface area contributed by atoms with Gasteiger partial charge in [-0.05, 0) is 46.2 Å². The number of hydrogen-bond acceptors (Lipinski definition) is 3. The van der Waals surface area contributed by atoms with E-state index in [1.807, 2.05) is 0 Å². The molecule has 106 valence electrons. The quantitative estimate of drug-likeness (QED) is 0.808. The van der Waals surface area contributed by atoms with E-state index in [0.29, 0.717) is 12.1 Å². The van der Waals surface area contributed by atoms with E-state index >= 15 is 0 Å². The fourth-order valence-electron chi connectivity index (χ4n) is 3.88. The van der Waals surface area contributed by atoms with Crippen LogP contribution in [-0.2, 0) is 0 Å². The molecule has 2 bridgehead atoms. The molecule has 0 aromatic heterocycles. The van der Waals surface area contributed by atoms with Crippen LogP contribution in [0.5, 0.6) is 0 Å². The predicted molar refractivity (Wildman–Crippen MR) is 78.0 cm³/mol. The van der Waals surface area contributed by atoms with E-state index < -0.39 is 0 Å². The average Bonchev–Trinajstić information content (AvgIpc) is 2.59. The van der Waals surface area contributed by atoms with Crippen molar-refractivity contribution in [3.63, 3.8) is 0 Å². The Labute approximate surface area is 113 Å². The summed E-state index contributed by atoms with van der Waals surface area (Å²) in [4.78, 5) is 5.37. The van der Waals surface area contributed by atoms with Crippen molar-refractivity contribution in [3.05, 3.63) is 0 Å². The van der Waals surface area contributed by atoms with Gasteiger partial charge in [0.1, 0.15) is 0 Å². The molecule has 1 N–H and O–H groups in total. The monoisotopic (exact) mass is 253 g/mol. The van der Waals surface area contributed by atoms with Crippen LogP contribution < -0.4 is 5.32 Å². The van der Waals surface area contributed by atoms with Crippen LogP contribution in [0.1, 0.15) is 46.5 Å². The third kappa shape index (κ3) is 2.89. The fourth-order valence-corrected chi connectivity index (χ4v) is 3.88. The molecule has 4 atom stereocenters. The molecule has 2 saturated heterocycles. The lowest BCUT2D eigenvalue weighted by atomic mass is 10.0. The molecule has 2 fully saturated rings. The summed E-state index contributed by atoms with van der Waals surface area (Å²) in [5.74, 6) is 0. The van der Waals surface area contributed by atoms with E-state index in [0.717, 1.165) is 18.6 Å². The third-order valence-corrected chi connectivity index (χ3v) is 5.24. The molecule has 0 spiro atoms. The highest BCUT2D eigenvalue weighted by atomic mass is 15.3. The van der Waals surface area contributed by atoms with Gasteiger partial charge in [-0.1, -0.05) is 13.8 Å². The molecule has 0 radical (unpaired) electrons. The first kappa shape index (κ1) is 14.3. The summed E-state index contributed by atoms with van der Waals surface area (Å²) in [7, 11) is 2.33. The van der Waals surface area contributed by atoms with Gasteiger partial charge in [-0.25, -0.2) is 0 Å². The van der Waals surface area contributed by atoms with E-state index in [4.69, 9.17) is 0 Å². The van der Waals surface area contributed by atoms with E-state index in [1.165, 1.54) is 38.8 Å². The molecule has 0 aromatic carbocycles. The van der Waals surface area contributed by atoms with E-state index in [1.54, 1.807) is 0 Å². The summed E-state index contributed by atoms with van der Waals surface area (Å²) in [5, 5.41) is 3.65. The van der Waals surface area contributed by atoms with Crippen molar-refractivity contribution in [1.82, 2.24) is 15.1 Å². The molecule has 0 amide bonds. The summed E-state index contributed by atoms with van der Waals surface area (Å²) >= 11 is 0. The molecule has 3 heteroatoms. The zero-order chi connectivity index (χ0) is 13.1. The topological polar surface area (TPSA) is 18.5 Å². The minimum Gasteiger partial charge on any atom is -0.313 e. The lowest BCUT2D eigenvalue weighted by Crippen LogP contribution is -2.50. The van der Waals surface area contributed by atoms with Gasteiger partial charge in [0, 0.05) is 37.3 Å². The summed E-state index contributed by atoms with van der Waals surface area (Å²) < 4.78 is 0. The molecule has 4 unspecified atom stereocenters. The number of rotatable bonds is 5. The zero-order valence-electron chi connectivity index (χ0n) is 12.7. The van der Waals surface area contributed by atoms with Gasteiger partial charge in [0.05, 0.1) is 0 Å². The van der Waals surface area contributed by atoms with Crippen molar-refractivity contribution < 1.29 is 0 Å². The normalized spacial score (nSPS) is 33.3. The lowest BCUT2D eigenvalue weighted by molar-refractivity contribution is 0.149. The first-order chi connectivity index (χ1) is 8.67. The standard InChI is InChI=1S/C15H31N3/c1-5-15(16-6-2)12(3)18-10-9-13-7-8-14(11-18)17(13)4/h12-16H,5-11H2,1-4H3. The van der Waals surface area contributed by atoms with Crippen LogP contribution in [0, 0.1) is 0 Å². The van der Waals surface area contributed by atoms with E-state index in [2.05, 4.69) is 42.9 Å². The molecule has 0 saturated carbocycles. The molecule has 0 aromatic rings. The molecular formula is C15H31N3. The Bertz CT molecular complexity index is 256. The molecule has 2 heterocycles. The number of likely N-dealkylation sites (tertiary alicyclic amines) is 1. The molecule has 2 aliphatic heterocycles. The van der Waals surface area contributed by atoms with E-state index in [-0.39, 0.29) is 0 Å². The summed E-state index contributed by atoms with van der Waals surface area (Å²) in [5.41, 5.74) is 0. The number of fused-ring (bicyclic) bond motifs is 2. The third-order valence-electron chi connectivity index (χ3n) is 5.24. The van der Waals surface area contributed by atoms with Crippen molar-refractivity contribution in [2.24, 2.45) is 0 Å². The largest absolute Gasteiger partial charge is 0.313 e. The van der Waals surface area contributed by atoms with Crippen LogP contribution in [0.2, 0.25) is 0 Å². The Morgan fingerprint density at radius 3 is 2.56 bits per heavy atom. The Balaban J connectivity index is 1.96. The zero-order valence-corrected chi connectivity index (χ0v) is 12.7. The number of hydrogen-bond donors (Lipinski definition) is 1. The van der Waals surface area contributed by atoms with Crippen molar-refractivity contribution in [1.29, 1.82) is 0 Å². The lowest BCUT2D eigenvalue weighted by Gasteiger charge is -2.36. The Morgan fingerprint density at radius 1 is 1.17 bits per heavy atom. The van der Waals surface area contributed by atoms with Crippen LogP contribution in [-0.4, -0.2) is 60.6 Å². The number of nitrogens with zero attached hydrogens (tertiary/aromatic N) is 2. The Morgan fingerprint density at radius 2 is 1.89 bits per heavy atom. The summed E-state index contributed by atoms with van der Waals surface area (Å²) in [6, 6.07) is 2.98. The van der Waals surface area contributed by atoms with Crippen LogP contribution in [0.4, 0.5) is 0 Å². The van der Waals surface area contributed by atoms with Gasteiger partial charge in [0.25, 0.3) is 0 Å². The van der Waals surface area contributed by atoms with Crippen LogP contribution in [0.15, 0.2) is 0 Å². The van der Waals surface area contributed by atoms with Crippen molar-refractivity contribution >= 4 is 0 Å². The van der Waals surface area contributed by atoms with Gasteiger partial charge in [0.2, 0.25) is 0 Å². The molecule has 2 aliphatic rings. The highest BCUT2D eigenvalue weighted by Crippen LogP contribution is 2.29. The van der Waals surface area contributed by atoms with Crippen LogP contribution in [0.25, 0.3) is 0 Å². The minimum absolute atomic E-state index is 0.650. The highest BCUT2D eigenvalue weighted by Gasteiger charge is 2.36. The highest BCUT2D eigenvalue weighted by molar-refractivity contribution is 4.93. The fraction of sp³-hybridized carbons (Fsp3) is 1.00. The van der Waals surface area contributed by atoms with Crippen molar-refractivity contribution in [2.75, 3.05) is 26.7 Å². The average molecular weight is 253 g/mol. The molecule has 2 rings (SSSR count). The molecule has 18 heavy (non-hydrogen) atoms.